The number of piperidine rings is 1. The Morgan fingerprint density at radius 1 is 1.09 bits per heavy atom. The van der Waals surface area contributed by atoms with E-state index in [1.165, 1.54) is 11.8 Å². The van der Waals surface area contributed by atoms with Gasteiger partial charge in [0, 0.05) is 42.4 Å². The summed E-state index contributed by atoms with van der Waals surface area (Å²) in [7, 11) is 0. The second-order valence-corrected chi connectivity index (χ2v) is 15.3. The third-order valence-electron chi connectivity index (χ3n) is 9.63. The highest BCUT2D eigenvalue weighted by atomic mass is 35.5. The number of amides is 1. The Kier molecular flexibility index (Phi) is 9.32. The maximum absolute atomic E-state index is 12.5. The maximum Gasteiger partial charge on any atom is 0.408 e. The first kappa shape index (κ1) is 32.4. The van der Waals surface area contributed by atoms with E-state index in [1.54, 1.807) is 17.2 Å². The van der Waals surface area contributed by atoms with Gasteiger partial charge in [-0.2, -0.15) is 5.10 Å². The Morgan fingerprint density at radius 2 is 1.87 bits per heavy atom. The van der Waals surface area contributed by atoms with Gasteiger partial charge in [-0.25, -0.2) is 19.4 Å². The summed E-state index contributed by atoms with van der Waals surface area (Å²) in [4.78, 5) is 27.8. The van der Waals surface area contributed by atoms with Crippen LogP contribution in [0, 0.1) is 12.3 Å². The highest BCUT2D eigenvalue weighted by Gasteiger charge is 2.51. The van der Waals surface area contributed by atoms with Crippen LogP contribution < -0.4 is 4.90 Å². The van der Waals surface area contributed by atoms with Gasteiger partial charge >= 0.3 is 6.09 Å². The molecule has 1 N–H and O–H groups in total. The van der Waals surface area contributed by atoms with E-state index < -0.39 is 11.6 Å². The highest BCUT2D eigenvalue weighted by molar-refractivity contribution is 7.99. The van der Waals surface area contributed by atoms with Crippen molar-refractivity contribution < 1.29 is 14.6 Å². The number of aromatic nitrogens is 4. The maximum atomic E-state index is 12.5. The fraction of sp³-hybridized carbons (Fsp3) is 0.576. The van der Waals surface area contributed by atoms with Crippen LogP contribution in [0.4, 0.5) is 10.6 Å². The lowest BCUT2D eigenvalue weighted by molar-refractivity contribution is -0.0384. The predicted octanol–water partition coefficient (Wildman–Crippen LogP) is 8.72. The van der Waals surface area contributed by atoms with E-state index in [0.29, 0.717) is 16.7 Å². The van der Waals surface area contributed by atoms with Crippen molar-refractivity contribution in [1.82, 2.24) is 24.6 Å². The third-order valence-corrected chi connectivity index (χ3v) is 11.7. The molecule has 2 saturated heterocycles. The van der Waals surface area contributed by atoms with E-state index in [4.69, 9.17) is 37.9 Å². The zero-order valence-electron chi connectivity index (χ0n) is 26.4. The van der Waals surface area contributed by atoms with E-state index >= 15 is 0 Å². The molecular weight excluding hydrogens is 631 g/mol. The van der Waals surface area contributed by atoms with Crippen LogP contribution in [0.15, 0.2) is 40.4 Å². The van der Waals surface area contributed by atoms with Crippen molar-refractivity contribution >= 4 is 46.9 Å². The number of rotatable bonds is 6. The number of anilines is 1. The first-order chi connectivity index (χ1) is 21.5. The summed E-state index contributed by atoms with van der Waals surface area (Å²) in [5.41, 5.74) is 1.93. The van der Waals surface area contributed by atoms with Gasteiger partial charge < -0.3 is 14.7 Å². The van der Waals surface area contributed by atoms with E-state index in [0.717, 1.165) is 97.3 Å². The predicted molar refractivity (Wildman–Crippen MR) is 179 cm³/mol. The van der Waals surface area contributed by atoms with Crippen molar-refractivity contribution in [3.8, 4) is 11.4 Å². The van der Waals surface area contributed by atoms with Crippen molar-refractivity contribution in [3.63, 3.8) is 0 Å². The van der Waals surface area contributed by atoms with Crippen LogP contribution in [0.2, 0.25) is 10.0 Å². The molecule has 3 fully saturated rings. The van der Waals surface area contributed by atoms with E-state index in [-0.39, 0.29) is 17.7 Å². The van der Waals surface area contributed by atoms with E-state index in [9.17, 15) is 9.90 Å². The van der Waals surface area contributed by atoms with Crippen LogP contribution in [0.1, 0.15) is 84.1 Å². The van der Waals surface area contributed by atoms with Gasteiger partial charge in [-0.15, -0.1) is 0 Å². The summed E-state index contributed by atoms with van der Waals surface area (Å²) in [6.07, 6.45) is 8.66. The lowest BCUT2D eigenvalue weighted by Crippen LogP contribution is -2.58. The average molecular weight is 674 g/mol. The van der Waals surface area contributed by atoms with E-state index in [2.05, 4.69) is 10.00 Å². The number of ether oxygens (including phenoxy) is 1. The molecule has 2 atom stereocenters. The van der Waals surface area contributed by atoms with Crippen LogP contribution in [-0.2, 0) is 4.74 Å². The molecule has 2 aromatic heterocycles. The van der Waals surface area contributed by atoms with Gasteiger partial charge in [0.1, 0.15) is 10.7 Å². The Balaban J connectivity index is 1.36. The van der Waals surface area contributed by atoms with Gasteiger partial charge in [0.05, 0.1) is 21.4 Å². The summed E-state index contributed by atoms with van der Waals surface area (Å²) in [5, 5.41) is 16.7. The van der Waals surface area contributed by atoms with Gasteiger partial charge in [0.15, 0.2) is 12.0 Å². The first-order valence-corrected chi connectivity index (χ1v) is 17.5. The SMILES string of the molecule is Cc1nc(N2CCC3(CCC[C@H]3N(C(=O)O)C(C)(C)C)CC2)c(-c2ccnn2C2CCCCO2)nc1Sc1cccc(Cl)c1Cl. The van der Waals surface area contributed by atoms with Crippen molar-refractivity contribution in [2.75, 3.05) is 24.6 Å². The molecule has 6 rings (SSSR count). The molecule has 1 aromatic carbocycles. The number of aryl methyl sites for hydroxylation is 1. The molecular formula is C33H42Cl2N6O3S. The molecule has 12 heteroatoms. The average Bonchev–Trinajstić information content (AvgIpc) is 3.64. The molecule has 45 heavy (non-hydrogen) atoms. The number of hydrogen-bond donors (Lipinski definition) is 1. The van der Waals surface area contributed by atoms with Crippen LogP contribution in [0.5, 0.6) is 0 Å². The molecule has 1 amide bonds. The lowest BCUT2D eigenvalue weighted by atomic mass is 9.72. The standard InChI is InChI=1S/C33H42Cl2N6O3S/c1-21-30(45-24-10-7-9-22(34)27(24)35)38-28(23-13-17-36-41(23)26-12-5-6-20-44-26)29(37-21)39-18-15-33(16-19-39)14-8-11-25(33)40(31(42)43)32(2,3)4/h7,9-10,13,17,25-26H,5-6,8,11-12,14-16,18-20H2,1-4H3,(H,42,43)/t25-,26?/m1/s1. The number of hydrogen-bond acceptors (Lipinski definition) is 7. The quantitative estimate of drug-likeness (QED) is 0.278. The fourth-order valence-corrected chi connectivity index (χ4v) is 8.81. The highest BCUT2D eigenvalue weighted by Crippen LogP contribution is 2.51. The van der Waals surface area contributed by atoms with Gasteiger partial charge in [-0.3, -0.25) is 4.90 Å². The van der Waals surface area contributed by atoms with Crippen molar-refractivity contribution in [2.45, 2.75) is 107 Å². The monoisotopic (exact) mass is 672 g/mol. The minimum atomic E-state index is -0.828. The fourth-order valence-electron chi connectivity index (χ4n) is 7.45. The van der Waals surface area contributed by atoms with Crippen LogP contribution in [-0.4, -0.2) is 67.1 Å². The van der Waals surface area contributed by atoms with Gasteiger partial charge in [0.25, 0.3) is 0 Å². The largest absolute Gasteiger partial charge is 0.465 e. The molecule has 1 unspecified atom stereocenters. The Morgan fingerprint density at radius 3 is 2.56 bits per heavy atom. The number of carboxylic acid groups (broad SMARTS) is 1. The second-order valence-electron chi connectivity index (χ2n) is 13.5. The molecule has 2 aliphatic heterocycles. The van der Waals surface area contributed by atoms with Crippen molar-refractivity contribution in [3.05, 3.63) is 46.2 Å². The van der Waals surface area contributed by atoms with Crippen LogP contribution in [0.25, 0.3) is 11.4 Å². The van der Waals surface area contributed by atoms with Crippen molar-refractivity contribution in [1.29, 1.82) is 0 Å². The Labute approximate surface area is 279 Å². The molecule has 9 nitrogen and oxygen atoms in total. The summed E-state index contributed by atoms with van der Waals surface area (Å²) < 4.78 is 8.10. The van der Waals surface area contributed by atoms with Gasteiger partial charge in [-0.05, 0) is 96.3 Å². The van der Waals surface area contributed by atoms with Crippen LogP contribution >= 0.6 is 35.0 Å². The molecule has 1 saturated carbocycles. The number of halogens is 2. The molecule has 0 bridgehead atoms. The summed E-state index contributed by atoms with van der Waals surface area (Å²) in [6, 6.07) is 7.60. The van der Waals surface area contributed by atoms with E-state index in [1.807, 2.05) is 50.6 Å². The minimum absolute atomic E-state index is 0.00976. The smallest absolute Gasteiger partial charge is 0.408 e. The van der Waals surface area contributed by atoms with Gasteiger partial charge in [-0.1, -0.05) is 47.5 Å². The molecule has 3 aromatic rings. The molecule has 1 aliphatic carbocycles. The normalized spacial score (nSPS) is 21.8. The van der Waals surface area contributed by atoms with Crippen molar-refractivity contribution in [2.24, 2.45) is 5.41 Å². The first-order valence-electron chi connectivity index (χ1n) is 15.9. The minimum Gasteiger partial charge on any atom is -0.465 e. The van der Waals surface area contributed by atoms with Crippen LogP contribution in [0.3, 0.4) is 0 Å². The molecule has 242 valence electrons. The molecule has 1 spiro atoms. The lowest BCUT2D eigenvalue weighted by Gasteiger charge is -2.50. The second kappa shape index (κ2) is 12.9. The summed E-state index contributed by atoms with van der Waals surface area (Å²) in [6.45, 7) is 10.2. The molecule has 3 aliphatic rings. The molecule has 0 radical (unpaired) electrons. The zero-order valence-corrected chi connectivity index (χ0v) is 28.8. The number of carbonyl (C=O) groups is 1. The molecule has 4 heterocycles. The Hall–Kier alpha value is -2.53. The van der Waals surface area contributed by atoms with Gasteiger partial charge in [0.2, 0.25) is 0 Å². The Bertz CT molecular complexity index is 1550. The number of nitrogens with zero attached hydrogens (tertiary/aromatic N) is 6. The third kappa shape index (κ3) is 6.40. The number of benzene rings is 1. The summed E-state index contributed by atoms with van der Waals surface area (Å²) >= 11 is 14.4. The summed E-state index contributed by atoms with van der Waals surface area (Å²) in [5.74, 6) is 0.821. The zero-order chi connectivity index (χ0) is 31.9. The topological polar surface area (TPSA) is 96.6 Å².